The standard InChI is InChI=1S/C10H9Cl2N/c11-7-3-4-9(12)8(6-7)10-2-1-5-13-10/h3-4,6H,1-2,5H2. The van der Waals surface area contributed by atoms with E-state index in [9.17, 15) is 0 Å². The van der Waals surface area contributed by atoms with Crippen LogP contribution in [0, 0.1) is 0 Å². The zero-order valence-electron chi connectivity index (χ0n) is 7.06. The molecule has 3 heteroatoms. The van der Waals surface area contributed by atoms with Gasteiger partial charge in [0.05, 0.1) is 0 Å². The minimum absolute atomic E-state index is 0.717. The van der Waals surface area contributed by atoms with E-state index in [2.05, 4.69) is 4.99 Å². The van der Waals surface area contributed by atoms with Crippen molar-refractivity contribution in [2.75, 3.05) is 6.54 Å². The first-order valence-corrected chi connectivity index (χ1v) is 5.02. The van der Waals surface area contributed by atoms with Gasteiger partial charge in [-0.25, -0.2) is 0 Å². The fourth-order valence-corrected chi connectivity index (χ4v) is 1.88. The van der Waals surface area contributed by atoms with Crippen molar-refractivity contribution in [2.45, 2.75) is 12.8 Å². The fraction of sp³-hybridized carbons (Fsp3) is 0.300. The van der Waals surface area contributed by atoms with Gasteiger partial charge in [0.25, 0.3) is 0 Å². The van der Waals surface area contributed by atoms with E-state index in [4.69, 9.17) is 23.2 Å². The molecule has 1 nitrogen and oxygen atoms in total. The third kappa shape index (κ3) is 1.87. The van der Waals surface area contributed by atoms with Gasteiger partial charge in [-0.05, 0) is 31.0 Å². The third-order valence-electron chi connectivity index (χ3n) is 2.11. The molecule has 0 N–H and O–H groups in total. The largest absolute Gasteiger partial charge is 0.289 e. The smallest absolute Gasteiger partial charge is 0.0497 e. The topological polar surface area (TPSA) is 12.4 Å². The fourth-order valence-electron chi connectivity index (χ4n) is 1.48. The van der Waals surface area contributed by atoms with E-state index in [1.807, 2.05) is 12.1 Å². The highest BCUT2D eigenvalue weighted by molar-refractivity contribution is 6.36. The molecule has 1 heterocycles. The van der Waals surface area contributed by atoms with Crippen LogP contribution in [0.5, 0.6) is 0 Å². The molecule has 0 spiro atoms. The Kier molecular flexibility index (Phi) is 2.56. The van der Waals surface area contributed by atoms with Crippen molar-refractivity contribution < 1.29 is 0 Å². The van der Waals surface area contributed by atoms with E-state index in [0.717, 1.165) is 35.7 Å². The van der Waals surface area contributed by atoms with Crippen molar-refractivity contribution in [2.24, 2.45) is 4.99 Å². The molecule has 0 unspecified atom stereocenters. The van der Waals surface area contributed by atoms with Gasteiger partial charge in [0.15, 0.2) is 0 Å². The summed E-state index contributed by atoms with van der Waals surface area (Å²) >= 11 is 11.9. The van der Waals surface area contributed by atoms with E-state index in [0.29, 0.717) is 5.02 Å². The summed E-state index contributed by atoms with van der Waals surface area (Å²) in [6.45, 7) is 0.915. The predicted molar refractivity (Wildman–Crippen MR) is 57.1 cm³/mol. The summed E-state index contributed by atoms with van der Waals surface area (Å²) in [6, 6.07) is 5.50. The average molecular weight is 214 g/mol. The summed E-state index contributed by atoms with van der Waals surface area (Å²) in [6.07, 6.45) is 2.14. The molecule has 68 valence electrons. The summed E-state index contributed by atoms with van der Waals surface area (Å²) in [5.74, 6) is 0. The van der Waals surface area contributed by atoms with Crippen molar-refractivity contribution in [1.29, 1.82) is 0 Å². The maximum atomic E-state index is 6.04. The lowest BCUT2D eigenvalue weighted by Gasteiger charge is -2.03. The Balaban J connectivity index is 2.43. The number of hydrogen-bond donors (Lipinski definition) is 0. The molecule has 0 saturated carbocycles. The molecule has 0 radical (unpaired) electrons. The molecule has 0 saturated heterocycles. The van der Waals surface area contributed by atoms with Crippen LogP contribution in [0.3, 0.4) is 0 Å². The molecule has 1 aromatic rings. The molecule has 1 aliphatic rings. The van der Waals surface area contributed by atoms with E-state index in [1.54, 1.807) is 6.07 Å². The Morgan fingerprint density at radius 3 is 2.77 bits per heavy atom. The second kappa shape index (κ2) is 3.69. The number of benzene rings is 1. The molecule has 0 aromatic heterocycles. The van der Waals surface area contributed by atoms with Crippen LogP contribution < -0.4 is 0 Å². The Morgan fingerprint density at radius 2 is 2.08 bits per heavy atom. The zero-order chi connectivity index (χ0) is 9.26. The Bertz CT molecular complexity index is 358. The molecule has 0 aliphatic carbocycles. The summed E-state index contributed by atoms with van der Waals surface area (Å²) in [7, 11) is 0. The predicted octanol–water partition coefficient (Wildman–Crippen LogP) is 3.58. The van der Waals surface area contributed by atoms with Gasteiger partial charge < -0.3 is 0 Å². The first-order chi connectivity index (χ1) is 6.27. The van der Waals surface area contributed by atoms with Crippen LogP contribution >= 0.6 is 23.2 Å². The number of rotatable bonds is 1. The maximum absolute atomic E-state index is 6.04. The van der Waals surface area contributed by atoms with Gasteiger partial charge in [-0.15, -0.1) is 0 Å². The van der Waals surface area contributed by atoms with Crippen LogP contribution in [-0.2, 0) is 0 Å². The second-order valence-electron chi connectivity index (χ2n) is 3.06. The van der Waals surface area contributed by atoms with Crippen molar-refractivity contribution >= 4 is 28.9 Å². The monoisotopic (exact) mass is 213 g/mol. The normalized spacial score (nSPS) is 16.0. The van der Waals surface area contributed by atoms with Gasteiger partial charge in [0, 0.05) is 27.9 Å². The molecule has 0 bridgehead atoms. The summed E-state index contributed by atoms with van der Waals surface area (Å²) in [5.41, 5.74) is 2.08. The van der Waals surface area contributed by atoms with Crippen LogP contribution in [0.2, 0.25) is 10.0 Å². The summed E-state index contributed by atoms with van der Waals surface area (Å²) < 4.78 is 0. The van der Waals surface area contributed by atoms with Gasteiger partial charge in [-0.2, -0.15) is 0 Å². The van der Waals surface area contributed by atoms with Gasteiger partial charge in [0.2, 0.25) is 0 Å². The highest BCUT2D eigenvalue weighted by Gasteiger charge is 2.12. The molecular weight excluding hydrogens is 205 g/mol. The van der Waals surface area contributed by atoms with E-state index >= 15 is 0 Å². The number of aliphatic imine (C=N–C) groups is 1. The van der Waals surface area contributed by atoms with Crippen molar-refractivity contribution in [3.8, 4) is 0 Å². The highest BCUT2D eigenvalue weighted by atomic mass is 35.5. The Morgan fingerprint density at radius 1 is 1.23 bits per heavy atom. The van der Waals surface area contributed by atoms with E-state index < -0.39 is 0 Å². The molecule has 1 aromatic carbocycles. The molecule has 0 amide bonds. The van der Waals surface area contributed by atoms with Crippen LogP contribution in [-0.4, -0.2) is 12.3 Å². The quantitative estimate of drug-likeness (QED) is 0.677. The second-order valence-corrected chi connectivity index (χ2v) is 3.90. The maximum Gasteiger partial charge on any atom is 0.0497 e. The van der Waals surface area contributed by atoms with Crippen molar-refractivity contribution in [3.05, 3.63) is 33.8 Å². The molecule has 0 atom stereocenters. The molecule has 2 rings (SSSR count). The minimum atomic E-state index is 0.717. The van der Waals surface area contributed by atoms with Crippen LogP contribution in [0.4, 0.5) is 0 Å². The highest BCUT2D eigenvalue weighted by Crippen LogP contribution is 2.24. The third-order valence-corrected chi connectivity index (χ3v) is 2.68. The zero-order valence-corrected chi connectivity index (χ0v) is 8.57. The van der Waals surface area contributed by atoms with Gasteiger partial charge in [-0.3, -0.25) is 4.99 Å². The molecular formula is C10H9Cl2N. The van der Waals surface area contributed by atoms with Crippen LogP contribution in [0.1, 0.15) is 18.4 Å². The Labute approximate surface area is 87.4 Å². The van der Waals surface area contributed by atoms with E-state index in [1.165, 1.54) is 0 Å². The molecule has 0 fully saturated rings. The number of nitrogens with zero attached hydrogens (tertiary/aromatic N) is 1. The lowest BCUT2D eigenvalue weighted by molar-refractivity contribution is 0.951. The first-order valence-electron chi connectivity index (χ1n) is 4.26. The van der Waals surface area contributed by atoms with Gasteiger partial charge >= 0.3 is 0 Å². The average Bonchev–Trinajstić information content (AvgIpc) is 2.61. The molecule has 13 heavy (non-hydrogen) atoms. The minimum Gasteiger partial charge on any atom is -0.289 e. The van der Waals surface area contributed by atoms with Gasteiger partial charge in [-0.1, -0.05) is 23.2 Å². The number of halogens is 2. The lowest BCUT2D eigenvalue weighted by atomic mass is 10.1. The van der Waals surface area contributed by atoms with Crippen LogP contribution in [0.25, 0.3) is 0 Å². The first kappa shape index (κ1) is 9.04. The van der Waals surface area contributed by atoms with Gasteiger partial charge in [0.1, 0.15) is 0 Å². The SMILES string of the molecule is Clc1ccc(Cl)c(C2=NCCC2)c1. The van der Waals surface area contributed by atoms with E-state index in [-0.39, 0.29) is 0 Å². The molecule has 1 aliphatic heterocycles. The Hall–Kier alpha value is -0.530. The van der Waals surface area contributed by atoms with Crippen molar-refractivity contribution in [1.82, 2.24) is 0 Å². The van der Waals surface area contributed by atoms with Crippen LogP contribution in [0.15, 0.2) is 23.2 Å². The number of hydrogen-bond acceptors (Lipinski definition) is 1. The summed E-state index contributed by atoms with van der Waals surface area (Å²) in [5, 5.41) is 1.46. The lowest BCUT2D eigenvalue weighted by Crippen LogP contribution is -1.96. The summed E-state index contributed by atoms with van der Waals surface area (Å²) in [4.78, 5) is 4.38. The van der Waals surface area contributed by atoms with Crippen molar-refractivity contribution in [3.63, 3.8) is 0 Å².